The molecule has 0 fully saturated rings. The molecule has 0 bridgehead atoms. The second-order valence-electron chi connectivity index (χ2n) is 4.78. The number of unbranched alkanes of at least 4 members (excludes halogenated alkanes) is 1. The number of carbonyl (C=O) groups is 1. The summed E-state index contributed by atoms with van der Waals surface area (Å²) >= 11 is 0. The van der Waals surface area contributed by atoms with Gasteiger partial charge < -0.3 is 20.1 Å². The molecule has 118 valence electrons. The fourth-order valence-electron chi connectivity index (χ4n) is 1.75. The summed E-state index contributed by atoms with van der Waals surface area (Å²) in [5.41, 5.74) is 1.01. The summed E-state index contributed by atoms with van der Waals surface area (Å²) in [7, 11) is 1.63. The minimum absolute atomic E-state index is 0.161. The van der Waals surface area contributed by atoms with Crippen molar-refractivity contribution in [2.24, 2.45) is 0 Å². The fourth-order valence-corrected chi connectivity index (χ4v) is 1.75. The number of rotatable bonds is 10. The lowest BCUT2D eigenvalue weighted by Gasteiger charge is -2.09. The van der Waals surface area contributed by atoms with Crippen molar-refractivity contribution in [1.82, 2.24) is 10.6 Å². The average molecular weight is 294 g/mol. The monoisotopic (exact) mass is 294 g/mol. The molecule has 0 aromatic heterocycles. The first-order chi connectivity index (χ1) is 10.3. The molecular formula is C16H26N2O3. The van der Waals surface area contributed by atoms with Crippen molar-refractivity contribution in [3.8, 4) is 5.75 Å². The van der Waals surface area contributed by atoms with Crippen molar-refractivity contribution in [2.45, 2.75) is 32.7 Å². The summed E-state index contributed by atoms with van der Waals surface area (Å²) < 4.78 is 10.6. The Morgan fingerprint density at radius 1 is 1.19 bits per heavy atom. The van der Waals surface area contributed by atoms with Crippen LogP contribution < -0.4 is 15.4 Å². The predicted octanol–water partition coefficient (Wildman–Crippen LogP) is 2.70. The van der Waals surface area contributed by atoms with Crippen molar-refractivity contribution in [3.63, 3.8) is 0 Å². The third-order valence-electron chi connectivity index (χ3n) is 2.98. The van der Waals surface area contributed by atoms with E-state index in [1.165, 1.54) is 0 Å². The first-order valence-corrected chi connectivity index (χ1v) is 7.48. The molecular weight excluding hydrogens is 268 g/mol. The molecule has 2 amide bonds. The highest BCUT2D eigenvalue weighted by Crippen LogP contribution is 2.11. The second-order valence-corrected chi connectivity index (χ2v) is 4.78. The highest BCUT2D eigenvalue weighted by molar-refractivity contribution is 5.73. The first-order valence-electron chi connectivity index (χ1n) is 7.48. The van der Waals surface area contributed by atoms with E-state index in [9.17, 15) is 4.79 Å². The number of benzene rings is 1. The van der Waals surface area contributed by atoms with E-state index in [0.29, 0.717) is 19.7 Å². The van der Waals surface area contributed by atoms with Gasteiger partial charge in [0.25, 0.3) is 0 Å². The van der Waals surface area contributed by atoms with E-state index in [0.717, 1.165) is 37.2 Å². The predicted molar refractivity (Wildman–Crippen MR) is 83.6 cm³/mol. The third kappa shape index (κ3) is 8.19. The van der Waals surface area contributed by atoms with Crippen LogP contribution in [0.3, 0.4) is 0 Å². The molecule has 5 heteroatoms. The number of hydrogen-bond acceptors (Lipinski definition) is 3. The van der Waals surface area contributed by atoms with Gasteiger partial charge in [0, 0.05) is 26.3 Å². The minimum Gasteiger partial charge on any atom is -0.497 e. The van der Waals surface area contributed by atoms with Crippen LogP contribution in [0.25, 0.3) is 0 Å². The molecule has 0 saturated carbocycles. The Labute approximate surface area is 127 Å². The smallest absolute Gasteiger partial charge is 0.315 e. The van der Waals surface area contributed by atoms with Crippen LogP contribution in [0.4, 0.5) is 4.79 Å². The van der Waals surface area contributed by atoms with Gasteiger partial charge in [-0.2, -0.15) is 0 Å². The fraction of sp³-hybridized carbons (Fsp3) is 0.562. The van der Waals surface area contributed by atoms with Crippen molar-refractivity contribution >= 4 is 6.03 Å². The number of ether oxygens (including phenoxy) is 2. The Kier molecular flexibility index (Phi) is 9.04. The van der Waals surface area contributed by atoms with Gasteiger partial charge in [-0.1, -0.05) is 25.5 Å². The molecule has 2 N–H and O–H groups in total. The van der Waals surface area contributed by atoms with E-state index in [1.54, 1.807) is 7.11 Å². The van der Waals surface area contributed by atoms with E-state index in [4.69, 9.17) is 9.47 Å². The number of amides is 2. The van der Waals surface area contributed by atoms with Crippen molar-refractivity contribution in [3.05, 3.63) is 29.8 Å². The topological polar surface area (TPSA) is 59.6 Å². The summed E-state index contributed by atoms with van der Waals surface area (Å²) in [6.07, 6.45) is 3.07. The number of nitrogens with one attached hydrogen (secondary N) is 2. The third-order valence-corrected chi connectivity index (χ3v) is 2.98. The molecule has 0 atom stereocenters. The summed E-state index contributed by atoms with van der Waals surface area (Å²) in [5, 5.41) is 5.63. The van der Waals surface area contributed by atoms with Crippen molar-refractivity contribution < 1.29 is 14.3 Å². The van der Waals surface area contributed by atoms with Gasteiger partial charge in [-0.3, -0.25) is 0 Å². The van der Waals surface area contributed by atoms with E-state index in [2.05, 4.69) is 17.6 Å². The van der Waals surface area contributed by atoms with Crippen LogP contribution in [0.2, 0.25) is 0 Å². The van der Waals surface area contributed by atoms with Crippen LogP contribution in [0.15, 0.2) is 24.3 Å². The molecule has 1 rings (SSSR count). The SMILES string of the molecule is CCCCOCCCNC(=O)NCc1cccc(OC)c1. The molecule has 0 saturated heterocycles. The Morgan fingerprint density at radius 3 is 2.76 bits per heavy atom. The van der Waals surface area contributed by atoms with E-state index in [-0.39, 0.29) is 6.03 Å². The largest absolute Gasteiger partial charge is 0.497 e. The Morgan fingerprint density at radius 2 is 2.00 bits per heavy atom. The van der Waals surface area contributed by atoms with Gasteiger partial charge in [0.05, 0.1) is 7.11 Å². The maximum atomic E-state index is 11.6. The zero-order chi connectivity index (χ0) is 15.3. The van der Waals surface area contributed by atoms with E-state index in [1.807, 2.05) is 24.3 Å². The van der Waals surface area contributed by atoms with Gasteiger partial charge >= 0.3 is 6.03 Å². The zero-order valence-corrected chi connectivity index (χ0v) is 13.0. The van der Waals surface area contributed by atoms with Crippen LogP contribution in [-0.4, -0.2) is 32.9 Å². The quantitative estimate of drug-likeness (QED) is 0.652. The molecule has 21 heavy (non-hydrogen) atoms. The number of urea groups is 1. The molecule has 1 aromatic carbocycles. The average Bonchev–Trinajstić information content (AvgIpc) is 2.52. The molecule has 0 unspecified atom stereocenters. The summed E-state index contributed by atoms with van der Waals surface area (Å²) in [6, 6.07) is 7.47. The van der Waals surface area contributed by atoms with Crippen LogP contribution in [0.5, 0.6) is 5.75 Å². The highest BCUT2D eigenvalue weighted by Gasteiger charge is 2.01. The van der Waals surface area contributed by atoms with Crippen molar-refractivity contribution in [2.75, 3.05) is 26.9 Å². The Hall–Kier alpha value is -1.75. The van der Waals surface area contributed by atoms with Gasteiger partial charge in [0.15, 0.2) is 0 Å². The minimum atomic E-state index is -0.161. The molecule has 0 aliphatic heterocycles. The molecule has 1 aromatic rings. The lowest BCUT2D eigenvalue weighted by Crippen LogP contribution is -2.35. The van der Waals surface area contributed by atoms with Gasteiger partial charge in [-0.25, -0.2) is 4.79 Å². The van der Waals surface area contributed by atoms with Gasteiger partial charge in [-0.05, 0) is 30.5 Å². The standard InChI is InChI=1S/C16H26N2O3/c1-3-4-10-21-11-6-9-17-16(19)18-13-14-7-5-8-15(12-14)20-2/h5,7-8,12H,3-4,6,9-11,13H2,1-2H3,(H2,17,18,19). The van der Waals surface area contributed by atoms with Gasteiger partial charge in [-0.15, -0.1) is 0 Å². The maximum absolute atomic E-state index is 11.6. The first kappa shape index (κ1) is 17.3. The lowest BCUT2D eigenvalue weighted by atomic mass is 10.2. The second kappa shape index (κ2) is 11.0. The van der Waals surface area contributed by atoms with Crippen LogP contribution in [0.1, 0.15) is 31.7 Å². The maximum Gasteiger partial charge on any atom is 0.315 e. The summed E-state index contributed by atoms with van der Waals surface area (Å²) in [6.45, 7) is 4.73. The van der Waals surface area contributed by atoms with Crippen LogP contribution in [0, 0.1) is 0 Å². The normalized spacial score (nSPS) is 10.2. The molecule has 0 heterocycles. The molecule has 0 radical (unpaired) electrons. The highest BCUT2D eigenvalue weighted by atomic mass is 16.5. The van der Waals surface area contributed by atoms with Gasteiger partial charge in [0.1, 0.15) is 5.75 Å². The molecule has 5 nitrogen and oxygen atoms in total. The Bertz CT molecular complexity index is 410. The summed E-state index contributed by atoms with van der Waals surface area (Å²) in [4.78, 5) is 11.6. The number of hydrogen-bond donors (Lipinski definition) is 2. The lowest BCUT2D eigenvalue weighted by molar-refractivity contribution is 0.129. The number of carbonyl (C=O) groups excluding carboxylic acids is 1. The Balaban J connectivity index is 2.08. The molecule has 0 spiro atoms. The van der Waals surface area contributed by atoms with E-state index >= 15 is 0 Å². The van der Waals surface area contributed by atoms with E-state index < -0.39 is 0 Å². The van der Waals surface area contributed by atoms with Crippen LogP contribution in [-0.2, 0) is 11.3 Å². The summed E-state index contributed by atoms with van der Waals surface area (Å²) in [5.74, 6) is 0.791. The molecule has 0 aliphatic carbocycles. The number of methoxy groups -OCH3 is 1. The molecule has 0 aliphatic rings. The zero-order valence-electron chi connectivity index (χ0n) is 13.0. The van der Waals surface area contributed by atoms with Crippen LogP contribution >= 0.6 is 0 Å². The van der Waals surface area contributed by atoms with Crippen molar-refractivity contribution in [1.29, 1.82) is 0 Å². The van der Waals surface area contributed by atoms with Gasteiger partial charge in [0.2, 0.25) is 0 Å².